The highest BCUT2D eigenvalue weighted by atomic mass is 28.4. The van der Waals surface area contributed by atoms with E-state index in [4.69, 9.17) is 4.43 Å². The van der Waals surface area contributed by atoms with E-state index in [0.717, 1.165) is 29.7 Å². The Morgan fingerprint density at radius 2 is 1.79 bits per heavy atom. The lowest BCUT2D eigenvalue weighted by Crippen LogP contribution is -2.50. The van der Waals surface area contributed by atoms with Gasteiger partial charge in [0.2, 0.25) is 0 Å². The molecule has 1 aromatic carbocycles. The second kappa shape index (κ2) is 8.70. The molecule has 3 heterocycles. The Hall–Kier alpha value is -3.07. The first-order valence-electron chi connectivity index (χ1n) is 11.4. The van der Waals surface area contributed by atoms with E-state index >= 15 is 0 Å². The van der Waals surface area contributed by atoms with Gasteiger partial charge < -0.3 is 14.2 Å². The summed E-state index contributed by atoms with van der Waals surface area (Å²) in [5, 5.41) is 8.56. The highest BCUT2D eigenvalue weighted by Gasteiger charge is 2.39. The lowest BCUT2D eigenvalue weighted by molar-refractivity contribution is 0.208. The summed E-state index contributed by atoms with van der Waals surface area (Å²) < 4.78 is 8.16. The lowest BCUT2D eigenvalue weighted by atomic mass is 10.2. The number of amides is 2. The maximum Gasteiger partial charge on any atom is 0.323 e. The molecule has 0 atom stereocenters. The molecule has 0 spiro atoms. The van der Waals surface area contributed by atoms with E-state index in [2.05, 4.69) is 72.4 Å². The summed E-state index contributed by atoms with van der Waals surface area (Å²) in [6.45, 7) is 13.9. The molecule has 33 heavy (non-hydrogen) atoms. The molecular formula is C24H34N6O2Si. The largest absolute Gasteiger partial charge is 0.542 e. The van der Waals surface area contributed by atoms with Crippen LogP contribution in [0.4, 0.5) is 16.3 Å². The number of urea groups is 1. The number of hydrogen-bond donors (Lipinski definition) is 1. The van der Waals surface area contributed by atoms with Gasteiger partial charge in [0, 0.05) is 44.3 Å². The van der Waals surface area contributed by atoms with Crippen molar-refractivity contribution >= 4 is 36.8 Å². The topological polar surface area (TPSA) is 75.5 Å². The summed E-state index contributed by atoms with van der Waals surface area (Å²) in [6.07, 6.45) is 3.61. The molecule has 0 aliphatic carbocycles. The fraction of sp³-hybridized carbons (Fsp3) is 0.458. The van der Waals surface area contributed by atoms with Gasteiger partial charge in [0.1, 0.15) is 11.6 Å². The number of aryl methyl sites for hydroxylation is 1. The molecule has 0 saturated carbocycles. The number of carbonyl (C=O) groups excluding carboxylic acids is 1. The highest BCUT2D eigenvalue weighted by Crippen LogP contribution is 2.37. The summed E-state index contributed by atoms with van der Waals surface area (Å²) >= 11 is 0. The molecule has 0 radical (unpaired) electrons. The number of nitrogens with zero attached hydrogens (tertiary/aromatic N) is 5. The molecule has 2 aromatic heterocycles. The minimum absolute atomic E-state index is 0.116. The van der Waals surface area contributed by atoms with Gasteiger partial charge in [0.05, 0.1) is 17.9 Å². The zero-order chi connectivity index (χ0) is 23.8. The van der Waals surface area contributed by atoms with Crippen molar-refractivity contribution in [2.75, 3.05) is 36.4 Å². The molecule has 2 amide bonds. The van der Waals surface area contributed by atoms with Gasteiger partial charge in [-0.3, -0.25) is 10.00 Å². The molecule has 3 aromatic rings. The Morgan fingerprint density at radius 1 is 1.06 bits per heavy atom. The van der Waals surface area contributed by atoms with Gasteiger partial charge in [-0.15, -0.1) is 0 Å². The van der Waals surface area contributed by atoms with Crippen molar-refractivity contribution in [3.8, 4) is 5.75 Å². The van der Waals surface area contributed by atoms with E-state index in [9.17, 15) is 4.79 Å². The van der Waals surface area contributed by atoms with Crippen LogP contribution >= 0.6 is 0 Å². The number of hydrogen-bond acceptors (Lipinski definition) is 5. The average molecular weight is 467 g/mol. The maximum atomic E-state index is 12.8. The Balaban J connectivity index is 1.34. The number of carbonyl (C=O) groups is 1. The van der Waals surface area contributed by atoms with E-state index < -0.39 is 8.32 Å². The summed E-state index contributed by atoms with van der Waals surface area (Å²) in [6, 6.07) is 9.82. The van der Waals surface area contributed by atoms with Crippen molar-refractivity contribution in [1.29, 1.82) is 0 Å². The summed E-state index contributed by atoms with van der Waals surface area (Å²) in [7, 11) is 0.0349. The molecule has 1 saturated heterocycles. The minimum Gasteiger partial charge on any atom is -0.542 e. The molecule has 1 aliphatic heterocycles. The molecule has 9 heteroatoms. The number of anilines is 2. The van der Waals surface area contributed by atoms with Crippen LogP contribution in [0.5, 0.6) is 5.75 Å². The highest BCUT2D eigenvalue weighted by molar-refractivity contribution is 6.74. The van der Waals surface area contributed by atoms with Crippen molar-refractivity contribution < 1.29 is 9.22 Å². The predicted octanol–water partition coefficient (Wildman–Crippen LogP) is 4.71. The third-order valence-corrected chi connectivity index (χ3v) is 11.2. The van der Waals surface area contributed by atoms with Crippen molar-refractivity contribution in [1.82, 2.24) is 19.7 Å². The van der Waals surface area contributed by atoms with Crippen LogP contribution in [-0.4, -0.2) is 60.2 Å². The van der Waals surface area contributed by atoms with Gasteiger partial charge in [-0.1, -0.05) is 26.8 Å². The fourth-order valence-corrected chi connectivity index (χ4v) is 4.76. The molecule has 4 rings (SSSR count). The second-order valence-corrected chi connectivity index (χ2v) is 14.8. The fourth-order valence-electron chi connectivity index (χ4n) is 3.74. The lowest BCUT2D eigenvalue weighted by Gasteiger charge is -2.36. The van der Waals surface area contributed by atoms with Gasteiger partial charge in [-0.25, -0.2) is 9.78 Å². The molecule has 1 aliphatic rings. The first-order chi connectivity index (χ1) is 15.5. The first-order valence-corrected chi connectivity index (χ1v) is 14.3. The molecule has 176 valence electrons. The SMILES string of the molecule is Cn1ncc2c(N3CCN(C(=O)Nc4ccc(O[Si](C)(C)C(C)(C)C)cn4)CC3)cccc21. The third kappa shape index (κ3) is 4.83. The smallest absolute Gasteiger partial charge is 0.323 e. The Kier molecular flexibility index (Phi) is 6.09. The van der Waals surface area contributed by atoms with Crippen LogP contribution in [0.3, 0.4) is 0 Å². The summed E-state index contributed by atoms with van der Waals surface area (Å²) in [5.74, 6) is 1.28. The normalized spacial score (nSPS) is 15.1. The predicted molar refractivity (Wildman–Crippen MR) is 136 cm³/mol. The summed E-state index contributed by atoms with van der Waals surface area (Å²) in [5.41, 5.74) is 2.28. The van der Waals surface area contributed by atoms with Gasteiger partial charge in [0.25, 0.3) is 8.32 Å². The zero-order valence-electron chi connectivity index (χ0n) is 20.4. The van der Waals surface area contributed by atoms with Crippen LogP contribution < -0.4 is 14.6 Å². The van der Waals surface area contributed by atoms with Crippen molar-refractivity contribution in [3.05, 3.63) is 42.7 Å². The van der Waals surface area contributed by atoms with Crippen molar-refractivity contribution in [2.24, 2.45) is 7.05 Å². The zero-order valence-corrected chi connectivity index (χ0v) is 21.4. The van der Waals surface area contributed by atoms with Crippen LogP contribution in [0, 0.1) is 0 Å². The second-order valence-electron chi connectivity index (χ2n) is 10.1. The van der Waals surface area contributed by atoms with Crippen molar-refractivity contribution in [3.63, 3.8) is 0 Å². The van der Waals surface area contributed by atoms with Crippen LogP contribution in [0.1, 0.15) is 20.8 Å². The Labute approximate surface area is 196 Å². The molecule has 0 bridgehead atoms. The minimum atomic E-state index is -1.92. The van der Waals surface area contributed by atoms with Gasteiger partial charge in [0.15, 0.2) is 0 Å². The Bertz CT molecular complexity index is 1130. The third-order valence-electron chi connectivity index (χ3n) is 6.83. The van der Waals surface area contributed by atoms with Gasteiger partial charge in [-0.2, -0.15) is 5.10 Å². The quantitative estimate of drug-likeness (QED) is 0.564. The molecule has 0 unspecified atom stereocenters. The number of fused-ring (bicyclic) bond motifs is 1. The Morgan fingerprint density at radius 3 is 2.42 bits per heavy atom. The van der Waals surface area contributed by atoms with Crippen LogP contribution in [0.25, 0.3) is 10.9 Å². The molecule has 1 fully saturated rings. The molecule has 8 nitrogen and oxygen atoms in total. The van der Waals surface area contributed by atoms with E-state index in [0.29, 0.717) is 18.9 Å². The van der Waals surface area contributed by atoms with E-state index in [-0.39, 0.29) is 11.1 Å². The number of benzene rings is 1. The molecule has 1 N–H and O–H groups in total. The van der Waals surface area contributed by atoms with Gasteiger partial charge >= 0.3 is 6.03 Å². The van der Waals surface area contributed by atoms with Crippen LogP contribution in [0.2, 0.25) is 18.1 Å². The summed E-state index contributed by atoms with van der Waals surface area (Å²) in [4.78, 5) is 21.3. The maximum absolute atomic E-state index is 12.8. The number of aromatic nitrogens is 3. The average Bonchev–Trinajstić information content (AvgIpc) is 3.15. The van der Waals surface area contributed by atoms with Crippen LogP contribution in [-0.2, 0) is 7.05 Å². The number of piperazine rings is 1. The number of pyridine rings is 1. The standard InChI is InChI=1S/C24H34N6O2Si/c1-24(2,3)33(5,6)32-18-10-11-22(25-16-18)27-23(31)30-14-12-29(13-15-30)21-9-7-8-20-19(21)17-26-28(20)4/h7-11,16-17H,12-15H2,1-6H3,(H,25,27,31). The number of rotatable bonds is 4. The monoisotopic (exact) mass is 466 g/mol. The first kappa shape index (κ1) is 23.1. The van der Waals surface area contributed by atoms with Gasteiger partial charge in [-0.05, 0) is 42.4 Å². The number of nitrogens with one attached hydrogen (secondary N) is 1. The van der Waals surface area contributed by atoms with Crippen molar-refractivity contribution in [2.45, 2.75) is 38.9 Å². The van der Waals surface area contributed by atoms with Crippen LogP contribution in [0.15, 0.2) is 42.7 Å². The van der Waals surface area contributed by atoms with E-state index in [1.54, 1.807) is 12.3 Å². The van der Waals surface area contributed by atoms with E-state index in [1.165, 1.54) is 5.69 Å². The van der Waals surface area contributed by atoms with E-state index in [1.807, 2.05) is 28.9 Å². The molecular weight excluding hydrogens is 432 g/mol.